The quantitative estimate of drug-likeness (QED) is 0.857. The third-order valence-corrected chi connectivity index (χ3v) is 3.78. The van der Waals surface area contributed by atoms with E-state index in [-0.39, 0.29) is 6.42 Å². The van der Waals surface area contributed by atoms with Gasteiger partial charge in [-0.1, -0.05) is 45.7 Å². The summed E-state index contributed by atoms with van der Waals surface area (Å²) in [6.45, 7) is 1.67. The Morgan fingerprint density at radius 3 is 2.42 bits per heavy atom. The van der Waals surface area contributed by atoms with Crippen LogP contribution in [0.1, 0.15) is 18.1 Å². The van der Waals surface area contributed by atoms with Crippen LogP contribution in [0, 0.1) is 5.82 Å². The van der Waals surface area contributed by atoms with Crippen molar-refractivity contribution in [3.63, 3.8) is 0 Å². The van der Waals surface area contributed by atoms with Gasteiger partial charge >= 0.3 is 0 Å². The lowest BCUT2D eigenvalue weighted by molar-refractivity contribution is 0.0567. The number of hydrogen-bond donors (Lipinski definition) is 1. The molecule has 0 aliphatic rings. The van der Waals surface area contributed by atoms with Gasteiger partial charge in [0.25, 0.3) is 0 Å². The fourth-order valence-corrected chi connectivity index (χ4v) is 2.37. The second-order valence-electron chi connectivity index (χ2n) is 4.69. The lowest BCUT2D eigenvalue weighted by Gasteiger charge is -2.24. The third kappa shape index (κ3) is 3.56. The molecule has 2 aromatic carbocycles. The Morgan fingerprint density at radius 2 is 1.84 bits per heavy atom. The predicted octanol–water partition coefficient (Wildman–Crippen LogP) is 4.69. The van der Waals surface area contributed by atoms with Crippen molar-refractivity contribution in [2.45, 2.75) is 18.9 Å². The topological polar surface area (TPSA) is 20.2 Å². The van der Waals surface area contributed by atoms with Gasteiger partial charge in [0.2, 0.25) is 0 Å². The Bertz CT molecular complexity index is 581. The average Bonchev–Trinajstić information content (AvgIpc) is 2.33. The molecule has 100 valence electrons. The van der Waals surface area contributed by atoms with E-state index in [0.29, 0.717) is 10.6 Å². The van der Waals surface area contributed by atoms with Gasteiger partial charge in [0.05, 0.1) is 5.60 Å². The molecule has 0 spiro atoms. The summed E-state index contributed by atoms with van der Waals surface area (Å²) in [6, 6.07) is 11.8. The highest BCUT2D eigenvalue weighted by molar-refractivity contribution is 9.10. The summed E-state index contributed by atoms with van der Waals surface area (Å²) in [5.74, 6) is -0.398. The second kappa shape index (κ2) is 5.61. The third-order valence-electron chi connectivity index (χ3n) is 3.02. The van der Waals surface area contributed by atoms with E-state index >= 15 is 0 Å². The SMILES string of the molecule is CC(O)(Cc1ccc(Cl)cc1F)c1ccc(Br)cc1. The molecule has 1 nitrogen and oxygen atoms in total. The maximum absolute atomic E-state index is 13.8. The molecule has 0 heterocycles. The van der Waals surface area contributed by atoms with Crippen molar-refractivity contribution in [2.75, 3.05) is 0 Å². The monoisotopic (exact) mass is 342 g/mol. The van der Waals surface area contributed by atoms with E-state index in [9.17, 15) is 9.50 Å². The summed E-state index contributed by atoms with van der Waals surface area (Å²) in [4.78, 5) is 0. The Hall–Kier alpha value is -0.900. The smallest absolute Gasteiger partial charge is 0.127 e. The summed E-state index contributed by atoms with van der Waals surface area (Å²) in [7, 11) is 0. The molecule has 0 radical (unpaired) electrons. The van der Waals surface area contributed by atoms with Gasteiger partial charge in [0.15, 0.2) is 0 Å². The van der Waals surface area contributed by atoms with Crippen molar-refractivity contribution >= 4 is 27.5 Å². The molecule has 0 aliphatic carbocycles. The molecule has 1 atom stereocenters. The van der Waals surface area contributed by atoms with Crippen molar-refractivity contribution in [3.8, 4) is 0 Å². The molecule has 0 fully saturated rings. The van der Waals surface area contributed by atoms with E-state index in [1.54, 1.807) is 19.1 Å². The van der Waals surface area contributed by atoms with Gasteiger partial charge < -0.3 is 5.11 Å². The van der Waals surface area contributed by atoms with Crippen LogP contribution in [0.25, 0.3) is 0 Å². The first-order chi connectivity index (χ1) is 8.88. The number of halogens is 3. The predicted molar refractivity (Wildman–Crippen MR) is 78.8 cm³/mol. The van der Waals surface area contributed by atoms with Gasteiger partial charge in [0, 0.05) is 15.9 Å². The number of rotatable bonds is 3. The molecule has 1 unspecified atom stereocenters. The van der Waals surface area contributed by atoms with Crippen LogP contribution in [-0.4, -0.2) is 5.11 Å². The maximum Gasteiger partial charge on any atom is 0.127 e. The molecule has 0 aliphatic heterocycles. The van der Waals surface area contributed by atoms with Gasteiger partial charge in [-0.05, 0) is 42.3 Å². The highest BCUT2D eigenvalue weighted by Gasteiger charge is 2.24. The molecular weight excluding hydrogens is 331 g/mol. The van der Waals surface area contributed by atoms with E-state index in [0.717, 1.165) is 10.0 Å². The maximum atomic E-state index is 13.8. The Morgan fingerprint density at radius 1 is 1.21 bits per heavy atom. The largest absolute Gasteiger partial charge is 0.385 e. The summed E-state index contributed by atoms with van der Waals surface area (Å²) < 4.78 is 14.7. The fourth-order valence-electron chi connectivity index (χ4n) is 1.95. The van der Waals surface area contributed by atoms with Crippen LogP contribution in [0.3, 0.4) is 0 Å². The lowest BCUT2D eigenvalue weighted by atomic mass is 9.89. The van der Waals surface area contributed by atoms with E-state index in [4.69, 9.17) is 11.6 Å². The van der Waals surface area contributed by atoms with E-state index in [2.05, 4.69) is 15.9 Å². The zero-order chi connectivity index (χ0) is 14.0. The van der Waals surface area contributed by atoms with Crippen molar-refractivity contribution in [2.24, 2.45) is 0 Å². The Labute approximate surface area is 125 Å². The first kappa shape index (κ1) is 14.5. The zero-order valence-corrected chi connectivity index (χ0v) is 12.7. The molecule has 4 heteroatoms. The first-order valence-corrected chi connectivity index (χ1v) is 6.98. The molecule has 0 amide bonds. The van der Waals surface area contributed by atoms with Gasteiger partial charge in [-0.3, -0.25) is 0 Å². The van der Waals surface area contributed by atoms with E-state index < -0.39 is 11.4 Å². The van der Waals surface area contributed by atoms with Crippen LogP contribution in [0.15, 0.2) is 46.9 Å². The van der Waals surface area contributed by atoms with Gasteiger partial charge in [0.1, 0.15) is 5.82 Å². The normalized spacial score (nSPS) is 14.2. The van der Waals surface area contributed by atoms with Crippen LogP contribution < -0.4 is 0 Å². The van der Waals surface area contributed by atoms with Crippen molar-refractivity contribution in [3.05, 3.63) is 68.9 Å². The summed E-state index contributed by atoms with van der Waals surface area (Å²) in [5, 5.41) is 10.9. The minimum Gasteiger partial charge on any atom is -0.385 e. The van der Waals surface area contributed by atoms with Crippen LogP contribution in [0.5, 0.6) is 0 Å². The van der Waals surface area contributed by atoms with Gasteiger partial charge in [-0.25, -0.2) is 4.39 Å². The second-order valence-corrected chi connectivity index (χ2v) is 6.05. The summed E-state index contributed by atoms with van der Waals surface area (Å²) >= 11 is 9.06. The van der Waals surface area contributed by atoms with Crippen molar-refractivity contribution in [1.29, 1.82) is 0 Å². The number of hydrogen-bond acceptors (Lipinski definition) is 1. The number of aliphatic hydroxyl groups is 1. The molecule has 0 aromatic heterocycles. The Balaban J connectivity index is 2.27. The lowest BCUT2D eigenvalue weighted by Crippen LogP contribution is -2.24. The van der Waals surface area contributed by atoms with Crippen LogP contribution >= 0.6 is 27.5 Å². The molecule has 0 saturated carbocycles. The van der Waals surface area contributed by atoms with E-state index in [1.165, 1.54) is 6.07 Å². The van der Waals surface area contributed by atoms with Crippen LogP contribution in [0.2, 0.25) is 5.02 Å². The molecule has 1 N–H and O–H groups in total. The van der Waals surface area contributed by atoms with Gasteiger partial charge in [-0.2, -0.15) is 0 Å². The van der Waals surface area contributed by atoms with Crippen molar-refractivity contribution < 1.29 is 9.50 Å². The summed E-state index contributed by atoms with van der Waals surface area (Å²) in [6.07, 6.45) is 0.192. The first-order valence-electron chi connectivity index (χ1n) is 5.81. The molecule has 2 rings (SSSR count). The Kier molecular flexibility index (Phi) is 4.29. The fraction of sp³-hybridized carbons (Fsp3) is 0.200. The standard InChI is InChI=1S/C15H13BrClFO/c1-15(19,11-3-5-12(16)6-4-11)9-10-2-7-13(17)8-14(10)18/h2-8,19H,9H2,1H3. The van der Waals surface area contributed by atoms with Crippen LogP contribution in [-0.2, 0) is 12.0 Å². The van der Waals surface area contributed by atoms with Gasteiger partial charge in [-0.15, -0.1) is 0 Å². The van der Waals surface area contributed by atoms with Crippen molar-refractivity contribution in [1.82, 2.24) is 0 Å². The molecule has 0 saturated heterocycles. The minimum atomic E-state index is -1.13. The minimum absolute atomic E-state index is 0.192. The zero-order valence-electron chi connectivity index (χ0n) is 10.3. The molecule has 2 aromatic rings. The summed E-state index contributed by atoms with van der Waals surface area (Å²) in [5.41, 5.74) is 0.0532. The molecular formula is C15H13BrClFO. The molecule has 0 bridgehead atoms. The average molecular weight is 344 g/mol. The molecule has 19 heavy (non-hydrogen) atoms. The highest BCUT2D eigenvalue weighted by Crippen LogP contribution is 2.28. The highest BCUT2D eigenvalue weighted by atomic mass is 79.9. The van der Waals surface area contributed by atoms with Crippen LogP contribution in [0.4, 0.5) is 4.39 Å². The number of benzene rings is 2. The van der Waals surface area contributed by atoms with E-state index in [1.807, 2.05) is 24.3 Å².